The fourth-order valence-electron chi connectivity index (χ4n) is 5.53. The summed E-state index contributed by atoms with van der Waals surface area (Å²) >= 11 is 1.35. The van der Waals surface area contributed by atoms with Gasteiger partial charge in [0.25, 0.3) is 5.56 Å². The molecule has 1 N–H and O–H groups in total. The minimum absolute atomic E-state index is 0.0462. The Hall–Kier alpha value is -4.70. The van der Waals surface area contributed by atoms with E-state index in [1.165, 1.54) is 11.3 Å². The number of benzene rings is 3. The lowest BCUT2D eigenvalue weighted by Gasteiger charge is -2.25. The van der Waals surface area contributed by atoms with Crippen LogP contribution in [0.3, 0.4) is 0 Å². The Balaban J connectivity index is 1.37. The molecule has 2 aromatic heterocycles. The van der Waals surface area contributed by atoms with Crippen molar-refractivity contribution in [1.82, 2.24) is 19.9 Å². The fourth-order valence-corrected chi connectivity index (χ4v) is 6.54. The lowest BCUT2D eigenvalue weighted by molar-refractivity contribution is -0.122. The largest absolute Gasteiger partial charge is 0.497 e. The van der Waals surface area contributed by atoms with E-state index in [0.717, 1.165) is 23.1 Å². The van der Waals surface area contributed by atoms with Crippen LogP contribution in [0, 0.1) is 0 Å². The average molecular weight is 596 g/mol. The summed E-state index contributed by atoms with van der Waals surface area (Å²) in [5.74, 6) is 1.77. The molecule has 9 nitrogen and oxygen atoms in total. The van der Waals surface area contributed by atoms with E-state index in [9.17, 15) is 9.59 Å². The van der Waals surface area contributed by atoms with E-state index in [4.69, 9.17) is 19.4 Å². The van der Waals surface area contributed by atoms with Crippen molar-refractivity contribution in [2.45, 2.75) is 38.4 Å². The van der Waals surface area contributed by atoms with Gasteiger partial charge in [-0.25, -0.2) is 9.97 Å². The summed E-state index contributed by atoms with van der Waals surface area (Å²) in [6.07, 6.45) is 1.57. The first kappa shape index (κ1) is 28.4. The zero-order valence-electron chi connectivity index (χ0n) is 24.3. The number of carbonyl (C=O) groups is 1. The molecule has 10 heteroatoms. The second kappa shape index (κ2) is 12.3. The van der Waals surface area contributed by atoms with Gasteiger partial charge >= 0.3 is 0 Å². The van der Waals surface area contributed by atoms with Gasteiger partial charge in [0.2, 0.25) is 5.91 Å². The van der Waals surface area contributed by atoms with E-state index < -0.39 is 0 Å². The first-order valence-corrected chi connectivity index (χ1v) is 15.1. The van der Waals surface area contributed by atoms with E-state index in [-0.39, 0.29) is 35.6 Å². The minimum Gasteiger partial charge on any atom is -0.497 e. The van der Waals surface area contributed by atoms with Gasteiger partial charge in [0.15, 0.2) is 15.5 Å². The molecular formula is C33H33N5O4S. The molecule has 0 saturated carbocycles. The summed E-state index contributed by atoms with van der Waals surface area (Å²) in [7, 11) is 3.19. The predicted octanol–water partition coefficient (Wildman–Crippen LogP) is 5.43. The molecule has 0 aliphatic carbocycles. The first-order valence-electron chi connectivity index (χ1n) is 14.3. The molecule has 1 fully saturated rings. The molecule has 1 unspecified atom stereocenters. The van der Waals surface area contributed by atoms with E-state index in [1.54, 1.807) is 24.9 Å². The molecule has 6 rings (SSSR count). The number of hydrogen-bond acceptors (Lipinski definition) is 8. The number of nitrogens with one attached hydrogen (secondary N) is 1. The third kappa shape index (κ3) is 5.70. The summed E-state index contributed by atoms with van der Waals surface area (Å²) in [4.78, 5) is 39.8. The van der Waals surface area contributed by atoms with Crippen LogP contribution in [0.4, 0.5) is 5.13 Å². The number of carbonyl (C=O) groups excluding carboxylic acids is 1. The van der Waals surface area contributed by atoms with Crippen LogP contribution in [-0.2, 0) is 11.3 Å². The molecule has 0 spiro atoms. The molecule has 0 bridgehead atoms. The standard InChI is InChI=1S/C33H33N5O4S/c1-21(22-11-6-4-7-12-22)34-30(39)26-15-10-18-37(26)33-35-28-31(43-33)36-29(23-13-8-5-9-14-23)38(32(28)40)20-24-16-17-25(41-2)19-27(24)42-3/h4-9,11-14,16-17,19,21,26H,10,15,18,20H2,1-3H3,(H,34,39)/t21-,26?/m1/s1. The highest BCUT2D eigenvalue weighted by Crippen LogP contribution is 2.34. The number of anilines is 1. The van der Waals surface area contributed by atoms with Gasteiger partial charge < -0.3 is 19.7 Å². The number of thiazole rings is 1. The highest BCUT2D eigenvalue weighted by atomic mass is 32.1. The van der Waals surface area contributed by atoms with Gasteiger partial charge in [0.05, 0.1) is 26.8 Å². The van der Waals surface area contributed by atoms with E-state index in [1.807, 2.05) is 84.6 Å². The number of hydrogen-bond donors (Lipinski definition) is 1. The SMILES string of the molecule is COc1ccc(Cn2c(-c3ccccc3)nc3sc(N4CCCC4C(=O)N[C@H](C)c4ccccc4)nc3c2=O)c(OC)c1. The second-order valence-electron chi connectivity index (χ2n) is 10.5. The van der Waals surface area contributed by atoms with Gasteiger partial charge in [-0.2, -0.15) is 0 Å². The number of aromatic nitrogens is 3. The smallest absolute Gasteiger partial charge is 0.281 e. The van der Waals surface area contributed by atoms with Crippen LogP contribution in [0.15, 0.2) is 83.7 Å². The van der Waals surface area contributed by atoms with Gasteiger partial charge in [-0.1, -0.05) is 72.0 Å². The molecule has 43 heavy (non-hydrogen) atoms. The Morgan fingerprint density at radius 3 is 2.49 bits per heavy atom. The minimum atomic E-state index is -0.369. The lowest BCUT2D eigenvalue weighted by Crippen LogP contribution is -2.44. The van der Waals surface area contributed by atoms with E-state index in [0.29, 0.717) is 40.3 Å². The van der Waals surface area contributed by atoms with Gasteiger partial charge in [0, 0.05) is 23.7 Å². The van der Waals surface area contributed by atoms with Gasteiger partial charge in [-0.15, -0.1) is 0 Å². The topological polar surface area (TPSA) is 98.6 Å². The van der Waals surface area contributed by atoms with Crippen LogP contribution < -0.4 is 25.2 Å². The van der Waals surface area contributed by atoms with Crippen LogP contribution in [0.25, 0.3) is 21.7 Å². The second-order valence-corrected chi connectivity index (χ2v) is 11.5. The number of nitrogens with zero attached hydrogens (tertiary/aromatic N) is 4. The summed E-state index contributed by atoms with van der Waals surface area (Å²) in [5.41, 5.74) is 2.71. The van der Waals surface area contributed by atoms with Crippen molar-refractivity contribution < 1.29 is 14.3 Å². The fraction of sp³-hybridized carbons (Fsp3) is 0.273. The van der Waals surface area contributed by atoms with Crippen molar-refractivity contribution in [2.24, 2.45) is 0 Å². The maximum absolute atomic E-state index is 14.1. The Kier molecular flexibility index (Phi) is 8.11. The third-order valence-corrected chi connectivity index (χ3v) is 8.81. The van der Waals surface area contributed by atoms with Crippen LogP contribution in [0.5, 0.6) is 11.5 Å². The maximum Gasteiger partial charge on any atom is 0.281 e. The molecule has 0 radical (unpaired) electrons. The summed E-state index contributed by atoms with van der Waals surface area (Å²) in [6, 6.07) is 24.6. The molecule has 1 saturated heterocycles. The monoisotopic (exact) mass is 595 g/mol. The number of rotatable bonds is 9. The molecule has 3 heterocycles. The predicted molar refractivity (Wildman–Crippen MR) is 169 cm³/mol. The average Bonchev–Trinajstić information content (AvgIpc) is 3.71. The van der Waals surface area contributed by atoms with Crippen molar-refractivity contribution >= 4 is 32.7 Å². The number of fused-ring (bicyclic) bond motifs is 1. The Morgan fingerprint density at radius 1 is 1.02 bits per heavy atom. The molecule has 5 aromatic rings. The van der Waals surface area contributed by atoms with Crippen molar-refractivity contribution in [2.75, 3.05) is 25.7 Å². The molecule has 1 aliphatic rings. The van der Waals surface area contributed by atoms with Crippen molar-refractivity contribution in [3.05, 3.63) is 100 Å². The molecule has 220 valence electrons. The summed E-state index contributed by atoms with van der Waals surface area (Å²) in [5, 5.41) is 3.79. The number of methoxy groups -OCH3 is 2. The van der Waals surface area contributed by atoms with Crippen molar-refractivity contribution in [3.63, 3.8) is 0 Å². The quantitative estimate of drug-likeness (QED) is 0.243. The van der Waals surface area contributed by atoms with Gasteiger partial charge in [0.1, 0.15) is 23.4 Å². The summed E-state index contributed by atoms with van der Waals surface area (Å²) in [6.45, 7) is 2.90. The molecular weight excluding hydrogens is 562 g/mol. The van der Waals surface area contributed by atoms with Crippen LogP contribution in [0.2, 0.25) is 0 Å². The first-order chi connectivity index (χ1) is 21.0. The van der Waals surface area contributed by atoms with Crippen LogP contribution >= 0.6 is 11.3 Å². The van der Waals surface area contributed by atoms with Gasteiger partial charge in [-0.05, 0) is 37.5 Å². The van der Waals surface area contributed by atoms with Crippen LogP contribution in [0.1, 0.15) is 36.9 Å². The maximum atomic E-state index is 14.1. The van der Waals surface area contributed by atoms with Gasteiger partial charge in [-0.3, -0.25) is 14.2 Å². The van der Waals surface area contributed by atoms with Crippen molar-refractivity contribution in [1.29, 1.82) is 0 Å². The normalized spacial score (nSPS) is 15.4. The third-order valence-electron chi connectivity index (χ3n) is 7.82. The highest BCUT2D eigenvalue weighted by molar-refractivity contribution is 7.21. The van der Waals surface area contributed by atoms with E-state index >= 15 is 0 Å². The lowest BCUT2D eigenvalue weighted by atomic mass is 10.1. The molecule has 1 aliphatic heterocycles. The molecule has 2 atom stereocenters. The van der Waals surface area contributed by atoms with Crippen molar-refractivity contribution in [3.8, 4) is 22.9 Å². The Bertz CT molecular complexity index is 1810. The van der Waals surface area contributed by atoms with E-state index in [2.05, 4.69) is 5.32 Å². The zero-order valence-corrected chi connectivity index (χ0v) is 25.1. The zero-order chi connectivity index (χ0) is 29.9. The highest BCUT2D eigenvalue weighted by Gasteiger charge is 2.34. The molecule has 3 aromatic carbocycles. The molecule has 1 amide bonds. The number of amides is 1. The summed E-state index contributed by atoms with van der Waals surface area (Å²) < 4.78 is 12.6. The number of ether oxygens (including phenoxy) is 2. The Labute approximate surface area is 253 Å². The van der Waals surface area contributed by atoms with Crippen LogP contribution in [-0.4, -0.2) is 47.2 Å². The Morgan fingerprint density at radius 2 is 1.77 bits per heavy atom.